The summed E-state index contributed by atoms with van der Waals surface area (Å²) in [7, 11) is -3.20. The topological polar surface area (TPSA) is 54.5 Å². The fraction of sp³-hybridized carbons (Fsp3) is 0.316. The summed E-state index contributed by atoms with van der Waals surface area (Å²) in [5.41, 5.74) is 1.45. The third-order valence-corrected chi connectivity index (χ3v) is 6.78. The van der Waals surface area contributed by atoms with E-state index in [1.807, 2.05) is 19.1 Å². The highest BCUT2D eigenvalue weighted by Gasteiger charge is 2.36. The molecule has 1 aliphatic heterocycles. The predicted molar refractivity (Wildman–Crippen MR) is 99.5 cm³/mol. The van der Waals surface area contributed by atoms with Crippen molar-refractivity contribution in [1.82, 2.24) is 4.90 Å². The largest absolute Gasteiger partial charge is 0.330 e. The number of nitrogens with zero attached hydrogens (tertiary/aromatic N) is 1. The Morgan fingerprint density at radius 3 is 2.58 bits per heavy atom. The van der Waals surface area contributed by atoms with Crippen molar-refractivity contribution < 1.29 is 17.6 Å². The van der Waals surface area contributed by atoms with E-state index >= 15 is 0 Å². The van der Waals surface area contributed by atoms with Gasteiger partial charge in [-0.2, -0.15) is 0 Å². The van der Waals surface area contributed by atoms with Gasteiger partial charge < -0.3 is 4.90 Å². The molecule has 2 aromatic carbocycles. The number of hydrogen-bond donors (Lipinski definition) is 0. The van der Waals surface area contributed by atoms with Crippen LogP contribution in [0.25, 0.3) is 0 Å². The molecule has 1 amide bonds. The van der Waals surface area contributed by atoms with E-state index < -0.39 is 21.7 Å². The molecule has 26 heavy (non-hydrogen) atoms. The molecule has 0 spiro atoms. The number of carbonyl (C=O) groups is 1. The SMILES string of the molecule is Cc1ccccc1C(=O)N(Cc1c(F)cccc1Cl)C1CCS(=O)(=O)C1. The number of carbonyl (C=O) groups excluding carboxylic acids is 1. The summed E-state index contributed by atoms with van der Waals surface area (Å²) in [5.74, 6) is -0.915. The van der Waals surface area contributed by atoms with Crippen molar-refractivity contribution in [3.8, 4) is 0 Å². The summed E-state index contributed by atoms with van der Waals surface area (Å²) in [5, 5.41) is 0.216. The zero-order valence-electron chi connectivity index (χ0n) is 14.3. The van der Waals surface area contributed by atoms with Crippen molar-refractivity contribution in [2.75, 3.05) is 11.5 Å². The minimum Gasteiger partial charge on any atom is -0.330 e. The maximum absolute atomic E-state index is 14.3. The van der Waals surface area contributed by atoms with E-state index in [2.05, 4.69) is 0 Å². The average molecular weight is 396 g/mol. The van der Waals surface area contributed by atoms with Crippen LogP contribution in [0, 0.1) is 12.7 Å². The van der Waals surface area contributed by atoms with Crippen LogP contribution < -0.4 is 0 Å². The summed E-state index contributed by atoms with van der Waals surface area (Å²) < 4.78 is 38.1. The van der Waals surface area contributed by atoms with Gasteiger partial charge in [0.25, 0.3) is 5.91 Å². The summed E-state index contributed by atoms with van der Waals surface area (Å²) in [6, 6.07) is 10.9. The van der Waals surface area contributed by atoms with Crippen LogP contribution >= 0.6 is 11.6 Å². The van der Waals surface area contributed by atoms with Gasteiger partial charge in [-0.25, -0.2) is 12.8 Å². The van der Waals surface area contributed by atoms with Gasteiger partial charge in [-0.05, 0) is 37.1 Å². The standard InChI is InChI=1S/C19H19ClFNO3S/c1-13-5-2-3-6-15(13)19(23)22(14-9-10-26(24,25)12-14)11-16-17(20)7-4-8-18(16)21/h2-8,14H,9-12H2,1H3. The van der Waals surface area contributed by atoms with Crippen molar-refractivity contribution in [2.45, 2.75) is 25.9 Å². The minimum absolute atomic E-state index is 0.0280. The lowest BCUT2D eigenvalue weighted by molar-refractivity contribution is 0.0678. The molecule has 3 rings (SSSR count). The first kappa shape index (κ1) is 18.9. The van der Waals surface area contributed by atoms with Gasteiger partial charge in [0, 0.05) is 22.2 Å². The number of benzene rings is 2. The lowest BCUT2D eigenvalue weighted by atomic mass is 10.0. The number of amides is 1. The van der Waals surface area contributed by atoms with Crippen LogP contribution in [-0.4, -0.2) is 36.8 Å². The summed E-state index contributed by atoms with van der Waals surface area (Å²) in [6.45, 7) is 1.74. The smallest absolute Gasteiger partial charge is 0.254 e. The van der Waals surface area contributed by atoms with E-state index in [0.717, 1.165) is 5.56 Å². The minimum atomic E-state index is -3.20. The number of hydrogen-bond acceptors (Lipinski definition) is 3. The molecule has 0 N–H and O–H groups in total. The maximum atomic E-state index is 14.3. The number of sulfone groups is 1. The van der Waals surface area contributed by atoms with Crippen LogP contribution in [0.1, 0.15) is 27.9 Å². The highest BCUT2D eigenvalue weighted by atomic mass is 35.5. The van der Waals surface area contributed by atoms with Gasteiger partial charge in [-0.1, -0.05) is 35.9 Å². The molecule has 1 saturated heterocycles. The predicted octanol–water partition coefficient (Wildman–Crippen LogP) is 3.62. The number of halogens is 2. The Bertz CT molecular complexity index is 925. The van der Waals surface area contributed by atoms with E-state index in [9.17, 15) is 17.6 Å². The molecule has 1 unspecified atom stereocenters. The second kappa shape index (κ2) is 7.37. The zero-order valence-corrected chi connectivity index (χ0v) is 15.9. The molecular formula is C19H19ClFNO3S. The van der Waals surface area contributed by atoms with Crippen molar-refractivity contribution in [2.24, 2.45) is 0 Å². The fourth-order valence-electron chi connectivity index (χ4n) is 3.21. The van der Waals surface area contributed by atoms with E-state index in [-0.39, 0.29) is 34.5 Å². The molecule has 0 radical (unpaired) electrons. The van der Waals surface area contributed by atoms with Gasteiger partial charge in [0.05, 0.1) is 18.1 Å². The van der Waals surface area contributed by atoms with Gasteiger partial charge >= 0.3 is 0 Å². The van der Waals surface area contributed by atoms with Crippen LogP contribution in [0.15, 0.2) is 42.5 Å². The van der Waals surface area contributed by atoms with Gasteiger partial charge in [0.15, 0.2) is 9.84 Å². The normalized spacial score (nSPS) is 18.7. The first-order valence-corrected chi connectivity index (χ1v) is 10.5. The Labute approximate surface area is 157 Å². The molecule has 4 nitrogen and oxygen atoms in total. The van der Waals surface area contributed by atoms with Crippen LogP contribution in [0.5, 0.6) is 0 Å². The Hall–Kier alpha value is -1.92. The molecule has 0 bridgehead atoms. The zero-order chi connectivity index (χ0) is 18.9. The molecule has 1 fully saturated rings. The Balaban J connectivity index is 2.00. The fourth-order valence-corrected chi connectivity index (χ4v) is 5.16. The van der Waals surface area contributed by atoms with Crippen LogP contribution in [0.3, 0.4) is 0 Å². The van der Waals surface area contributed by atoms with Crippen LogP contribution in [0.4, 0.5) is 4.39 Å². The van der Waals surface area contributed by atoms with Crippen LogP contribution in [-0.2, 0) is 16.4 Å². The quantitative estimate of drug-likeness (QED) is 0.794. The molecule has 7 heteroatoms. The molecule has 0 saturated carbocycles. The molecule has 1 aliphatic rings. The first-order valence-electron chi connectivity index (χ1n) is 8.28. The second-order valence-electron chi connectivity index (χ2n) is 6.51. The van der Waals surface area contributed by atoms with E-state index in [0.29, 0.717) is 12.0 Å². The van der Waals surface area contributed by atoms with Crippen molar-refractivity contribution in [1.29, 1.82) is 0 Å². The van der Waals surface area contributed by atoms with Gasteiger partial charge in [-0.3, -0.25) is 4.79 Å². The maximum Gasteiger partial charge on any atom is 0.254 e. The molecule has 1 atom stereocenters. The second-order valence-corrected chi connectivity index (χ2v) is 9.14. The van der Waals surface area contributed by atoms with E-state index in [4.69, 9.17) is 11.6 Å². The molecule has 1 heterocycles. The van der Waals surface area contributed by atoms with Crippen molar-refractivity contribution in [3.05, 3.63) is 70.0 Å². The molecule has 0 aliphatic carbocycles. The highest BCUT2D eigenvalue weighted by molar-refractivity contribution is 7.91. The Kier molecular flexibility index (Phi) is 5.34. The van der Waals surface area contributed by atoms with E-state index in [1.54, 1.807) is 18.2 Å². The number of rotatable bonds is 4. The van der Waals surface area contributed by atoms with Gasteiger partial charge in [-0.15, -0.1) is 0 Å². The van der Waals surface area contributed by atoms with Crippen LogP contribution in [0.2, 0.25) is 5.02 Å². The Morgan fingerprint density at radius 1 is 1.23 bits per heavy atom. The summed E-state index contributed by atoms with van der Waals surface area (Å²) in [4.78, 5) is 14.6. The lowest BCUT2D eigenvalue weighted by Crippen LogP contribution is -2.41. The molecule has 0 aromatic heterocycles. The highest BCUT2D eigenvalue weighted by Crippen LogP contribution is 2.27. The first-order chi connectivity index (χ1) is 12.3. The van der Waals surface area contributed by atoms with E-state index in [1.165, 1.54) is 17.0 Å². The summed E-state index contributed by atoms with van der Waals surface area (Å²) in [6.07, 6.45) is 0.339. The molecular weight excluding hydrogens is 377 g/mol. The molecule has 138 valence electrons. The number of aryl methyl sites for hydroxylation is 1. The Morgan fingerprint density at radius 2 is 1.96 bits per heavy atom. The van der Waals surface area contributed by atoms with Crippen molar-refractivity contribution >= 4 is 27.3 Å². The van der Waals surface area contributed by atoms with Gasteiger partial charge in [0.1, 0.15) is 5.82 Å². The monoisotopic (exact) mass is 395 g/mol. The average Bonchev–Trinajstić information content (AvgIpc) is 2.94. The molecule has 2 aromatic rings. The third kappa shape index (κ3) is 3.91. The lowest BCUT2D eigenvalue weighted by Gasteiger charge is -2.29. The van der Waals surface area contributed by atoms with Gasteiger partial charge in [0.2, 0.25) is 0 Å². The third-order valence-electron chi connectivity index (χ3n) is 4.68. The van der Waals surface area contributed by atoms with Crippen molar-refractivity contribution in [3.63, 3.8) is 0 Å². The summed E-state index contributed by atoms with van der Waals surface area (Å²) >= 11 is 6.12.